The molecular formula is C21H23N3O4. The molecule has 2 aromatic rings. The average molecular weight is 381 g/mol. The molecule has 4 rings (SSSR count). The smallest absolute Gasteiger partial charge is 0.281 e. The molecule has 0 unspecified atom stereocenters. The van der Waals surface area contributed by atoms with E-state index >= 15 is 0 Å². The Bertz CT molecular complexity index is 829. The highest BCUT2D eigenvalue weighted by Gasteiger charge is 2.28. The van der Waals surface area contributed by atoms with Gasteiger partial charge < -0.3 is 9.64 Å². The molecule has 146 valence electrons. The Hall–Kier alpha value is -2.93. The number of pyridine rings is 1. The van der Waals surface area contributed by atoms with Crippen molar-refractivity contribution in [2.45, 2.75) is 25.4 Å². The number of carbonyl (C=O) groups excluding carboxylic acids is 2. The summed E-state index contributed by atoms with van der Waals surface area (Å²) in [5.41, 5.74) is 1.11. The van der Waals surface area contributed by atoms with E-state index in [9.17, 15) is 9.59 Å². The zero-order valence-electron chi connectivity index (χ0n) is 15.6. The number of carbonyl (C=O) groups is 2. The minimum atomic E-state index is -0.169. The van der Waals surface area contributed by atoms with Crippen LogP contribution in [0.2, 0.25) is 0 Å². The first-order valence-corrected chi connectivity index (χ1v) is 9.62. The highest BCUT2D eigenvalue weighted by Crippen LogP contribution is 2.25. The Labute approximate surface area is 163 Å². The van der Waals surface area contributed by atoms with Crippen LogP contribution in [-0.2, 0) is 4.84 Å². The second-order valence-electron chi connectivity index (χ2n) is 6.94. The molecule has 28 heavy (non-hydrogen) atoms. The lowest BCUT2D eigenvalue weighted by atomic mass is 10.1. The lowest BCUT2D eigenvalue weighted by molar-refractivity contribution is -0.0770. The molecule has 2 amide bonds. The molecule has 2 saturated heterocycles. The third-order valence-electron chi connectivity index (χ3n) is 5.03. The van der Waals surface area contributed by atoms with Crippen LogP contribution < -0.4 is 4.74 Å². The number of nitrogens with zero attached hydrogens (tertiary/aromatic N) is 3. The number of para-hydroxylation sites is 1. The van der Waals surface area contributed by atoms with Crippen molar-refractivity contribution in [3.8, 4) is 5.75 Å². The van der Waals surface area contributed by atoms with Gasteiger partial charge in [0, 0.05) is 38.3 Å². The van der Waals surface area contributed by atoms with Crippen LogP contribution in [0.4, 0.5) is 0 Å². The largest absolute Gasteiger partial charge is 0.489 e. The van der Waals surface area contributed by atoms with Crippen LogP contribution >= 0.6 is 0 Å². The maximum absolute atomic E-state index is 12.7. The quantitative estimate of drug-likeness (QED) is 0.814. The molecule has 7 nitrogen and oxygen atoms in total. The Morgan fingerprint density at radius 3 is 2.57 bits per heavy atom. The highest BCUT2D eigenvalue weighted by atomic mass is 16.7. The molecule has 0 N–H and O–H groups in total. The lowest BCUT2D eigenvalue weighted by Gasteiger charge is -2.32. The van der Waals surface area contributed by atoms with E-state index in [4.69, 9.17) is 9.57 Å². The van der Waals surface area contributed by atoms with Crippen molar-refractivity contribution in [2.24, 2.45) is 0 Å². The monoisotopic (exact) mass is 381 g/mol. The van der Waals surface area contributed by atoms with Crippen molar-refractivity contribution >= 4 is 11.8 Å². The summed E-state index contributed by atoms with van der Waals surface area (Å²) in [5, 5.41) is 1.40. The fraction of sp³-hybridized carbons (Fsp3) is 0.381. The topological polar surface area (TPSA) is 72.0 Å². The van der Waals surface area contributed by atoms with Gasteiger partial charge in [0.2, 0.25) is 0 Å². The van der Waals surface area contributed by atoms with Crippen molar-refractivity contribution in [1.82, 2.24) is 14.9 Å². The maximum atomic E-state index is 12.7. The molecule has 2 fully saturated rings. The average Bonchev–Trinajstić information content (AvgIpc) is 3.29. The Kier molecular flexibility index (Phi) is 5.53. The van der Waals surface area contributed by atoms with E-state index in [1.165, 1.54) is 5.06 Å². The Balaban J connectivity index is 1.38. The molecule has 0 atom stereocenters. The summed E-state index contributed by atoms with van der Waals surface area (Å²) in [6.07, 6.45) is 5.49. The second kappa shape index (κ2) is 8.39. The third kappa shape index (κ3) is 3.99. The van der Waals surface area contributed by atoms with Gasteiger partial charge in [0.25, 0.3) is 11.8 Å². The summed E-state index contributed by atoms with van der Waals surface area (Å²) in [6.45, 7) is 2.40. The molecule has 0 aliphatic carbocycles. The normalized spacial score (nSPS) is 17.6. The SMILES string of the molecule is O=C(c1cccnc1)N1CCC(Oc2ccccc2C(=O)N2CCCO2)CC1. The third-order valence-corrected chi connectivity index (χ3v) is 5.03. The van der Waals surface area contributed by atoms with E-state index in [1.807, 2.05) is 23.1 Å². The second-order valence-corrected chi connectivity index (χ2v) is 6.94. The molecule has 0 bridgehead atoms. The van der Waals surface area contributed by atoms with Gasteiger partial charge in [0.05, 0.1) is 24.3 Å². The summed E-state index contributed by atoms with van der Waals surface area (Å²) in [7, 11) is 0. The first kappa shape index (κ1) is 18.4. The fourth-order valence-corrected chi connectivity index (χ4v) is 3.52. The van der Waals surface area contributed by atoms with Crippen molar-refractivity contribution in [3.05, 3.63) is 59.9 Å². The maximum Gasteiger partial charge on any atom is 0.281 e. The number of benzene rings is 1. The van der Waals surface area contributed by atoms with Crippen LogP contribution in [0.25, 0.3) is 0 Å². The summed E-state index contributed by atoms with van der Waals surface area (Å²) >= 11 is 0. The standard InChI is InChI=1S/C21H23N3O4/c25-20(16-5-3-10-22-15-16)23-12-8-17(9-13-23)28-19-7-2-1-6-18(19)21(26)24-11-4-14-27-24/h1-3,5-7,10,15,17H,4,8-9,11-14H2. The number of hydroxylamine groups is 2. The van der Waals surface area contributed by atoms with Crippen molar-refractivity contribution in [2.75, 3.05) is 26.2 Å². The molecule has 0 radical (unpaired) electrons. The van der Waals surface area contributed by atoms with Gasteiger partial charge in [-0.2, -0.15) is 0 Å². The lowest BCUT2D eigenvalue weighted by Crippen LogP contribution is -2.42. The van der Waals surface area contributed by atoms with Crippen LogP contribution in [0.3, 0.4) is 0 Å². The highest BCUT2D eigenvalue weighted by molar-refractivity contribution is 5.96. The van der Waals surface area contributed by atoms with E-state index in [1.54, 1.807) is 30.6 Å². The molecule has 0 saturated carbocycles. The Morgan fingerprint density at radius 2 is 1.86 bits per heavy atom. The van der Waals surface area contributed by atoms with Crippen molar-refractivity contribution in [1.29, 1.82) is 0 Å². The van der Waals surface area contributed by atoms with Crippen LogP contribution in [-0.4, -0.2) is 59.1 Å². The fourth-order valence-electron chi connectivity index (χ4n) is 3.52. The van der Waals surface area contributed by atoms with Gasteiger partial charge in [-0.1, -0.05) is 12.1 Å². The van der Waals surface area contributed by atoms with Crippen LogP contribution in [0.1, 0.15) is 40.0 Å². The summed E-state index contributed by atoms with van der Waals surface area (Å²) in [5.74, 6) is 0.394. The van der Waals surface area contributed by atoms with Crippen molar-refractivity contribution in [3.63, 3.8) is 0 Å². The first-order valence-electron chi connectivity index (χ1n) is 9.62. The number of aromatic nitrogens is 1. The predicted octanol–water partition coefficient (Wildman–Crippen LogP) is 2.54. The molecule has 7 heteroatoms. The van der Waals surface area contributed by atoms with E-state index in [-0.39, 0.29) is 17.9 Å². The van der Waals surface area contributed by atoms with Crippen LogP contribution in [0.5, 0.6) is 5.75 Å². The van der Waals surface area contributed by atoms with E-state index < -0.39 is 0 Å². The minimum Gasteiger partial charge on any atom is -0.489 e. The molecule has 1 aromatic carbocycles. The number of hydrogen-bond donors (Lipinski definition) is 0. The van der Waals surface area contributed by atoms with E-state index in [0.29, 0.717) is 43.1 Å². The summed E-state index contributed by atoms with van der Waals surface area (Å²) in [6, 6.07) is 10.8. The molecular weight excluding hydrogens is 358 g/mol. The molecule has 3 heterocycles. The van der Waals surface area contributed by atoms with E-state index in [2.05, 4.69) is 4.98 Å². The first-order chi connectivity index (χ1) is 13.7. The zero-order valence-corrected chi connectivity index (χ0v) is 15.6. The van der Waals surface area contributed by atoms with Gasteiger partial charge in [0.15, 0.2) is 0 Å². The van der Waals surface area contributed by atoms with Gasteiger partial charge in [-0.3, -0.25) is 19.4 Å². The zero-order chi connectivity index (χ0) is 19.3. The predicted molar refractivity (Wildman–Crippen MR) is 102 cm³/mol. The summed E-state index contributed by atoms with van der Waals surface area (Å²) < 4.78 is 6.15. The number of amides is 2. The van der Waals surface area contributed by atoms with Gasteiger partial charge in [-0.25, -0.2) is 5.06 Å². The number of hydrogen-bond acceptors (Lipinski definition) is 5. The molecule has 2 aliphatic heterocycles. The number of ether oxygens (including phenoxy) is 1. The number of piperidine rings is 1. The van der Waals surface area contributed by atoms with E-state index in [0.717, 1.165) is 19.3 Å². The Morgan fingerprint density at radius 1 is 1.04 bits per heavy atom. The molecule has 2 aliphatic rings. The number of likely N-dealkylation sites (tertiary alicyclic amines) is 1. The van der Waals surface area contributed by atoms with Crippen LogP contribution in [0, 0.1) is 0 Å². The van der Waals surface area contributed by atoms with Crippen molar-refractivity contribution < 1.29 is 19.2 Å². The van der Waals surface area contributed by atoms with Gasteiger partial charge >= 0.3 is 0 Å². The molecule has 0 spiro atoms. The number of rotatable bonds is 4. The van der Waals surface area contributed by atoms with Gasteiger partial charge in [-0.05, 0) is 30.7 Å². The van der Waals surface area contributed by atoms with Crippen LogP contribution in [0.15, 0.2) is 48.8 Å². The summed E-state index contributed by atoms with van der Waals surface area (Å²) in [4.78, 5) is 36.4. The molecule has 1 aromatic heterocycles. The van der Waals surface area contributed by atoms with Gasteiger partial charge in [0.1, 0.15) is 11.9 Å². The minimum absolute atomic E-state index is 0.00619. The van der Waals surface area contributed by atoms with Gasteiger partial charge in [-0.15, -0.1) is 0 Å².